The summed E-state index contributed by atoms with van der Waals surface area (Å²) in [5.41, 5.74) is 2.19. The number of nitrogens with zero attached hydrogens (tertiary/aromatic N) is 1. The fourth-order valence-corrected chi connectivity index (χ4v) is 2.72. The van der Waals surface area contributed by atoms with Gasteiger partial charge in [-0.25, -0.2) is 4.98 Å². The van der Waals surface area contributed by atoms with Crippen LogP contribution < -0.4 is 5.32 Å². The molecule has 2 atom stereocenters. The molecule has 1 aliphatic carbocycles. The lowest BCUT2D eigenvalue weighted by Crippen LogP contribution is -2.26. The molecule has 1 aromatic carbocycles. The van der Waals surface area contributed by atoms with Crippen LogP contribution in [0.3, 0.4) is 0 Å². The zero-order chi connectivity index (χ0) is 11.7. The summed E-state index contributed by atoms with van der Waals surface area (Å²) in [6, 6.07) is 8.87. The zero-order valence-electron chi connectivity index (χ0n) is 10.2. The molecule has 2 unspecified atom stereocenters. The van der Waals surface area contributed by atoms with Crippen molar-refractivity contribution in [1.29, 1.82) is 0 Å². The van der Waals surface area contributed by atoms with Crippen LogP contribution in [0, 0.1) is 5.92 Å². The molecule has 0 aliphatic heterocycles. The standard InChI is InChI=1S/C14H19N3/c1-10-6-7-11(8-10)15-9-14-16-12-4-2-3-5-13(12)17-14/h2-5,10-11,15H,6-9H2,1H3,(H,16,17). The fourth-order valence-electron chi connectivity index (χ4n) is 2.72. The molecule has 0 amide bonds. The molecule has 0 bridgehead atoms. The lowest BCUT2D eigenvalue weighted by molar-refractivity contribution is 0.496. The summed E-state index contributed by atoms with van der Waals surface area (Å²) >= 11 is 0. The van der Waals surface area contributed by atoms with E-state index >= 15 is 0 Å². The minimum absolute atomic E-state index is 0.679. The van der Waals surface area contributed by atoms with Crippen molar-refractivity contribution in [2.24, 2.45) is 5.92 Å². The number of aromatic amines is 1. The summed E-state index contributed by atoms with van der Waals surface area (Å²) in [6.45, 7) is 3.19. The SMILES string of the molecule is CC1CCC(NCc2nc3ccccc3[nH]2)C1. The van der Waals surface area contributed by atoms with Gasteiger partial charge in [-0.15, -0.1) is 0 Å². The van der Waals surface area contributed by atoms with E-state index in [1.807, 2.05) is 18.2 Å². The highest BCUT2D eigenvalue weighted by molar-refractivity contribution is 5.74. The van der Waals surface area contributed by atoms with Crippen molar-refractivity contribution in [2.45, 2.75) is 38.8 Å². The minimum atomic E-state index is 0.679. The van der Waals surface area contributed by atoms with Crippen molar-refractivity contribution in [3.63, 3.8) is 0 Å². The van der Waals surface area contributed by atoms with Gasteiger partial charge in [0.2, 0.25) is 0 Å². The van der Waals surface area contributed by atoms with Crippen LogP contribution in [0.15, 0.2) is 24.3 Å². The maximum atomic E-state index is 4.57. The Morgan fingerprint density at radius 2 is 2.24 bits per heavy atom. The van der Waals surface area contributed by atoms with E-state index in [-0.39, 0.29) is 0 Å². The van der Waals surface area contributed by atoms with Crippen LogP contribution in [0.1, 0.15) is 32.0 Å². The van der Waals surface area contributed by atoms with Crippen molar-refractivity contribution in [1.82, 2.24) is 15.3 Å². The molecule has 1 saturated carbocycles. The zero-order valence-corrected chi connectivity index (χ0v) is 10.2. The number of benzene rings is 1. The van der Waals surface area contributed by atoms with Crippen LogP contribution in [0.25, 0.3) is 11.0 Å². The van der Waals surface area contributed by atoms with Crippen LogP contribution in [-0.2, 0) is 6.54 Å². The molecule has 3 rings (SSSR count). The molecule has 1 heterocycles. The first kappa shape index (κ1) is 10.8. The van der Waals surface area contributed by atoms with E-state index in [0.29, 0.717) is 6.04 Å². The van der Waals surface area contributed by atoms with E-state index in [0.717, 1.165) is 29.3 Å². The van der Waals surface area contributed by atoms with E-state index in [1.165, 1.54) is 19.3 Å². The smallest absolute Gasteiger partial charge is 0.121 e. The normalized spacial score (nSPS) is 24.5. The summed E-state index contributed by atoms with van der Waals surface area (Å²) in [5.74, 6) is 1.92. The topological polar surface area (TPSA) is 40.7 Å². The largest absolute Gasteiger partial charge is 0.341 e. The third kappa shape index (κ3) is 2.34. The van der Waals surface area contributed by atoms with Gasteiger partial charge in [-0.3, -0.25) is 0 Å². The quantitative estimate of drug-likeness (QED) is 0.849. The molecule has 0 radical (unpaired) electrons. The van der Waals surface area contributed by atoms with Gasteiger partial charge >= 0.3 is 0 Å². The molecule has 1 fully saturated rings. The van der Waals surface area contributed by atoms with Gasteiger partial charge in [0.25, 0.3) is 0 Å². The van der Waals surface area contributed by atoms with Gasteiger partial charge in [0.15, 0.2) is 0 Å². The Labute approximate surface area is 102 Å². The average molecular weight is 229 g/mol. The lowest BCUT2D eigenvalue weighted by atomic mass is 10.1. The number of nitrogens with one attached hydrogen (secondary N) is 2. The number of rotatable bonds is 3. The first-order valence-electron chi connectivity index (χ1n) is 6.48. The summed E-state index contributed by atoms with van der Waals surface area (Å²) in [4.78, 5) is 7.93. The van der Waals surface area contributed by atoms with Gasteiger partial charge in [0.05, 0.1) is 17.6 Å². The minimum Gasteiger partial charge on any atom is -0.341 e. The highest BCUT2D eigenvalue weighted by Crippen LogP contribution is 2.24. The van der Waals surface area contributed by atoms with Crippen molar-refractivity contribution in [3.05, 3.63) is 30.1 Å². The second kappa shape index (κ2) is 4.49. The van der Waals surface area contributed by atoms with Gasteiger partial charge in [-0.2, -0.15) is 0 Å². The monoisotopic (exact) mass is 229 g/mol. The Morgan fingerprint density at radius 1 is 1.35 bits per heavy atom. The maximum Gasteiger partial charge on any atom is 0.121 e. The van der Waals surface area contributed by atoms with Gasteiger partial charge in [-0.1, -0.05) is 19.1 Å². The first-order valence-corrected chi connectivity index (χ1v) is 6.48. The van der Waals surface area contributed by atoms with E-state index in [4.69, 9.17) is 0 Å². The number of aromatic nitrogens is 2. The molecular formula is C14H19N3. The van der Waals surface area contributed by atoms with Crippen molar-refractivity contribution in [3.8, 4) is 0 Å². The highest BCUT2D eigenvalue weighted by atomic mass is 15.0. The van der Waals surface area contributed by atoms with Crippen LogP contribution >= 0.6 is 0 Å². The van der Waals surface area contributed by atoms with E-state index in [2.05, 4.69) is 28.3 Å². The molecular weight excluding hydrogens is 210 g/mol. The van der Waals surface area contributed by atoms with Gasteiger partial charge in [-0.05, 0) is 37.3 Å². The van der Waals surface area contributed by atoms with E-state index < -0.39 is 0 Å². The van der Waals surface area contributed by atoms with Crippen LogP contribution in [0.2, 0.25) is 0 Å². The number of hydrogen-bond donors (Lipinski definition) is 2. The lowest BCUT2D eigenvalue weighted by Gasteiger charge is -2.10. The summed E-state index contributed by atoms with van der Waals surface area (Å²) in [7, 11) is 0. The molecule has 90 valence electrons. The van der Waals surface area contributed by atoms with Crippen molar-refractivity contribution in [2.75, 3.05) is 0 Å². The second-order valence-corrected chi connectivity index (χ2v) is 5.20. The molecule has 3 heteroatoms. The van der Waals surface area contributed by atoms with E-state index in [1.54, 1.807) is 0 Å². The number of fused-ring (bicyclic) bond motifs is 1. The van der Waals surface area contributed by atoms with Gasteiger partial charge < -0.3 is 10.3 Å². The molecule has 17 heavy (non-hydrogen) atoms. The maximum absolute atomic E-state index is 4.57. The third-order valence-electron chi connectivity index (χ3n) is 3.69. The molecule has 0 spiro atoms. The van der Waals surface area contributed by atoms with Gasteiger partial charge in [0, 0.05) is 6.04 Å². The van der Waals surface area contributed by atoms with Gasteiger partial charge in [0.1, 0.15) is 5.82 Å². The first-order chi connectivity index (χ1) is 8.31. The van der Waals surface area contributed by atoms with Crippen LogP contribution in [0.4, 0.5) is 0 Å². The Bertz CT molecular complexity index is 470. The predicted octanol–water partition coefficient (Wildman–Crippen LogP) is 2.84. The Hall–Kier alpha value is -1.35. The molecule has 1 aromatic heterocycles. The molecule has 1 aliphatic rings. The second-order valence-electron chi connectivity index (χ2n) is 5.20. The number of imidazole rings is 1. The molecule has 2 N–H and O–H groups in total. The highest BCUT2D eigenvalue weighted by Gasteiger charge is 2.20. The van der Waals surface area contributed by atoms with Crippen LogP contribution in [-0.4, -0.2) is 16.0 Å². The van der Waals surface area contributed by atoms with Crippen molar-refractivity contribution >= 4 is 11.0 Å². The molecule has 3 nitrogen and oxygen atoms in total. The van der Waals surface area contributed by atoms with Crippen molar-refractivity contribution < 1.29 is 0 Å². The molecule has 0 saturated heterocycles. The number of hydrogen-bond acceptors (Lipinski definition) is 2. The fraction of sp³-hybridized carbons (Fsp3) is 0.500. The predicted molar refractivity (Wildman–Crippen MR) is 69.7 cm³/mol. The summed E-state index contributed by atoms with van der Waals surface area (Å²) in [6.07, 6.45) is 3.97. The third-order valence-corrected chi connectivity index (χ3v) is 3.69. The molecule has 2 aromatic rings. The number of para-hydroxylation sites is 2. The Morgan fingerprint density at radius 3 is 3.00 bits per heavy atom. The summed E-state index contributed by atoms with van der Waals surface area (Å²) < 4.78 is 0. The van der Waals surface area contributed by atoms with Crippen LogP contribution in [0.5, 0.6) is 0 Å². The number of H-pyrrole nitrogens is 1. The van der Waals surface area contributed by atoms with E-state index in [9.17, 15) is 0 Å². The Balaban J connectivity index is 1.65. The summed E-state index contributed by atoms with van der Waals surface area (Å²) in [5, 5.41) is 3.60. The average Bonchev–Trinajstić information content (AvgIpc) is 2.91. The Kier molecular flexibility index (Phi) is 2.85.